The van der Waals surface area contributed by atoms with E-state index in [0.717, 1.165) is 12.2 Å². The van der Waals surface area contributed by atoms with E-state index < -0.39 is 0 Å². The maximum Gasteiger partial charge on any atom is 0.138 e. The molecule has 1 aromatic heterocycles. The molecule has 1 atom stereocenters. The number of halogens is 1. The second-order valence-electron chi connectivity index (χ2n) is 3.26. The standard InChI is InChI=1S/C8H14ClN3/c1-6(2)7(9)4-8-10-5-11-12(8)3/h5-7H,4H2,1-3H3. The molecular formula is C8H14ClN3. The Labute approximate surface area is 77.8 Å². The Hall–Kier alpha value is -0.570. The molecule has 1 heterocycles. The molecule has 0 saturated heterocycles. The first kappa shape index (κ1) is 9.52. The van der Waals surface area contributed by atoms with E-state index in [1.54, 1.807) is 11.0 Å². The van der Waals surface area contributed by atoms with Gasteiger partial charge >= 0.3 is 0 Å². The summed E-state index contributed by atoms with van der Waals surface area (Å²) in [5.41, 5.74) is 0. The van der Waals surface area contributed by atoms with Crippen molar-refractivity contribution in [3.63, 3.8) is 0 Å². The van der Waals surface area contributed by atoms with E-state index in [2.05, 4.69) is 23.9 Å². The summed E-state index contributed by atoms with van der Waals surface area (Å²) in [7, 11) is 1.88. The van der Waals surface area contributed by atoms with E-state index in [1.807, 2.05) is 7.05 Å². The van der Waals surface area contributed by atoms with Crippen molar-refractivity contribution in [3.05, 3.63) is 12.2 Å². The molecule has 3 nitrogen and oxygen atoms in total. The average Bonchev–Trinajstić information content (AvgIpc) is 2.36. The molecule has 0 radical (unpaired) electrons. The van der Waals surface area contributed by atoms with Crippen LogP contribution in [0.3, 0.4) is 0 Å². The Kier molecular flexibility index (Phi) is 3.09. The molecule has 0 fully saturated rings. The Morgan fingerprint density at radius 3 is 2.67 bits per heavy atom. The molecule has 0 spiro atoms. The van der Waals surface area contributed by atoms with Crippen molar-refractivity contribution in [2.24, 2.45) is 13.0 Å². The number of hydrogen-bond donors (Lipinski definition) is 0. The number of aromatic nitrogens is 3. The van der Waals surface area contributed by atoms with E-state index in [0.29, 0.717) is 5.92 Å². The molecule has 0 aliphatic carbocycles. The summed E-state index contributed by atoms with van der Waals surface area (Å²) in [4.78, 5) is 4.11. The first-order chi connectivity index (χ1) is 5.61. The van der Waals surface area contributed by atoms with Crippen molar-refractivity contribution in [1.82, 2.24) is 14.8 Å². The van der Waals surface area contributed by atoms with Crippen LogP contribution in [0.4, 0.5) is 0 Å². The molecule has 0 aliphatic heterocycles. The minimum absolute atomic E-state index is 0.146. The first-order valence-corrected chi connectivity index (χ1v) is 4.52. The Morgan fingerprint density at radius 1 is 1.58 bits per heavy atom. The molecule has 0 aliphatic rings. The third kappa shape index (κ3) is 2.21. The lowest BCUT2D eigenvalue weighted by Crippen LogP contribution is -2.14. The van der Waals surface area contributed by atoms with Gasteiger partial charge in [-0.1, -0.05) is 13.8 Å². The molecule has 12 heavy (non-hydrogen) atoms. The maximum atomic E-state index is 6.10. The smallest absolute Gasteiger partial charge is 0.138 e. The van der Waals surface area contributed by atoms with Crippen molar-refractivity contribution in [3.8, 4) is 0 Å². The van der Waals surface area contributed by atoms with Crippen molar-refractivity contribution in [1.29, 1.82) is 0 Å². The summed E-state index contributed by atoms with van der Waals surface area (Å²) in [5, 5.41) is 4.12. The van der Waals surface area contributed by atoms with Crippen LogP contribution < -0.4 is 0 Å². The molecule has 0 N–H and O–H groups in total. The summed E-state index contributed by atoms with van der Waals surface area (Å²) in [6.07, 6.45) is 2.34. The number of rotatable bonds is 3. The maximum absolute atomic E-state index is 6.10. The van der Waals surface area contributed by atoms with Gasteiger partial charge in [0.15, 0.2) is 0 Å². The molecular weight excluding hydrogens is 174 g/mol. The van der Waals surface area contributed by atoms with E-state index >= 15 is 0 Å². The van der Waals surface area contributed by atoms with Gasteiger partial charge in [-0.2, -0.15) is 5.10 Å². The largest absolute Gasteiger partial charge is 0.253 e. The van der Waals surface area contributed by atoms with Crippen LogP contribution in [0.15, 0.2) is 6.33 Å². The highest BCUT2D eigenvalue weighted by Gasteiger charge is 2.12. The molecule has 1 unspecified atom stereocenters. The van der Waals surface area contributed by atoms with Gasteiger partial charge in [0.05, 0.1) is 0 Å². The lowest BCUT2D eigenvalue weighted by Gasteiger charge is -2.11. The van der Waals surface area contributed by atoms with Gasteiger partial charge < -0.3 is 0 Å². The van der Waals surface area contributed by atoms with Gasteiger partial charge in [0, 0.05) is 18.8 Å². The van der Waals surface area contributed by atoms with Gasteiger partial charge in [-0.3, -0.25) is 4.68 Å². The molecule has 1 rings (SSSR count). The summed E-state index contributed by atoms with van der Waals surface area (Å²) in [6, 6.07) is 0. The molecule has 1 aromatic rings. The predicted octanol–water partition coefficient (Wildman–Crippen LogP) is 1.62. The second kappa shape index (κ2) is 3.90. The van der Waals surface area contributed by atoms with Crippen LogP contribution in [0.5, 0.6) is 0 Å². The molecule has 0 amide bonds. The monoisotopic (exact) mass is 187 g/mol. The fourth-order valence-electron chi connectivity index (χ4n) is 0.915. The average molecular weight is 188 g/mol. The van der Waals surface area contributed by atoms with E-state index in [9.17, 15) is 0 Å². The molecule has 0 aromatic carbocycles. The quantitative estimate of drug-likeness (QED) is 0.674. The van der Waals surface area contributed by atoms with Crippen LogP contribution in [0, 0.1) is 5.92 Å². The minimum atomic E-state index is 0.146. The van der Waals surface area contributed by atoms with E-state index in [1.165, 1.54) is 0 Å². The highest BCUT2D eigenvalue weighted by Crippen LogP contribution is 2.13. The van der Waals surface area contributed by atoms with Crippen LogP contribution in [-0.2, 0) is 13.5 Å². The molecule has 68 valence electrons. The van der Waals surface area contributed by atoms with Crippen LogP contribution in [0.2, 0.25) is 0 Å². The zero-order valence-corrected chi connectivity index (χ0v) is 8.41. The SMILES string of the molecule is CC(C)C(Cl)Cc1ncnn1C. The Bertz CT molecular complexity index is 244. The first-order valence-electron chi connectivity index (χ1n) is 4.08. The molecule has 0 bridgehead atoms. The van der Waals surface area contributed by atoms with Crippen LogP contribution in [0.25, 0.3) is 0 Å². The van der Waals surface area contributed by atoms with Crippen LogP contribution >= 0.6 is 11.6 Å². The summed E-state index contributed by atoms with van der Waals surface area (Å²) in [6.45, 7) is 4.21. The van der Waals surface area contributed by atoms with Gasteiger partial charge in [0.25, 0.3) is 0 Å². The third-order valence-electron chi connectivity index (χ3n) is 1.91. The zero-order chi connectivity index (χ0) is 9.14. The second-order valence-corrected chi connectivity index (χ2v) is 3.82. The lowest BCUT2D eigenvalue weighted by molar-refractivity contribution is 0.566. The van der Waals surface area contributed by atoms with Gasteiger partial charge in [0.2, 0.25) is 0 Å². The van der Waals surface area contributed by atoms with Crippen LogP contribution in [0.1, 0.15) is 19.7 Å². The number of nitrogens with zero attached hydrogens (tertiary/aromatic N) is 3. The zero-order valence-electron chi connectivity index (χ0n) is 7.66. The minimum Gasteiger partial charge on any atom is -0.253 e. The predicted molar refractivity (Wildman–Crippen MR) is 49.2 cm³/mol. The lowest BCUT2D eigenvalue weighted by atomic mass is 10.1. The number of hydrogen-bond acceptors (Lipinski definition) is 2. The van der Waals surface area contributed by atoms with Gasteiger partial charge in [0.1, 0.15) is 12.2 Å². The van der Waals surface area contributed by atoms with Gasteiger partial charge in [-0.05, 0) is 5.92 Å². The fraction of sp³-hybridized carbons (Fsp3) is 0.750. The summed E-state index contributed by atoms with van der Waals surface area (Å²) < 4.78 is 1.76. The topological polar surface area (TPSA) is 30.7 Å². The highest BCUT2D eigenvalue weighted by molar-refractivity contribution is 6.20. The number of aryl methyl sites for hydroxylation is 1. The van der Waals surface area contributed by atoms with Crippen LogP contribution in [-0.4, -0.2) is 20.1 Å². The third-order valence-corrected chi connectivity index (χ3v) is 2.56. The number of alkyl halides is 1. The van der Waals surface area contributed by atoms with E-state index in [-0.39, 0.29) is 5.38 Å². The molecule has 4 heteroatoms. The van der Waals surface area contributed by atoms with Crippen molar-refractivity contribution < 1.29 is 0 Å². The fourth-order valence-corrected chi connectivity index (χ4v) is 1.05. The van der Waals surface area contributed by atoms with Gasteiger partial charge in [-0.25, -0.2) is 4.98 Å². The normalized spacial score (nSPS) is 13.8. The van der Waals surface area contributed by atoms with E-state index in [4.69, 9.17) is 11.6 Å². The summed E-state index contributed by atoms with van der Waals surface area (Å²) >= 11 is 6.10. The Balaban J connectivity index is 2.58. The Morgan fingerprint density at radius 2 is 2.25 bits per heavy atom. The van der Waals surface area contributed by atoms with Crippen molar-refractivity contribution >= 4 is 11.6 Å². The van der Waals surface area contributed by atoms with Gasteiger partial charge in [-0.15, -0.1) is 11.6 Å². The summed E-state index contributed by atoms with van der Waals surface area (Å²) in [5.74, 6) is 1.42. The highest BCUT2D eigenvalue weighted by atomic mass is 35.5. The molecule has 0 saturated carbocycles. The van der Waals surface area contributed by atoms with Crippen molar-refractivity contribution in [2.75, 3.05) is 0 Å². The van der Waals surface area contributed by atoms with Crippen molar-refractivity contribution in [2.45, 2.75) is 25.6 Å².